The zero-order chi connectivity index (χ0) is 9.14. The highest BCUT2D eigenvalue weighted by atomic mass is 32.2. The molecule has 0 saturated heterocycles. The van der Waals surface area contributed by atoms with E-state index < -0.39 is 10.9 Å². The molecule has 0 unspecified atom stereocenters. The Balaban J connectivity index is 3.01. The number of thiol groups is 1. The molecule has 1 aromatic heterocycles. The van der Waals surface area contributed by atoms with E-state index >= 15 is 0 Å². The highest BCUT2D eigenvalue weighted by Gasteiger charge is 2.01. The van der Waals surface area contributed by atoms with Crippen molar-refractivity contribution >= 4 is 16.6 Å². The quantitative estimate of drug-likeness (QED) is 0.497. The van der Waals surface area contributed by atoms with Crippen LogP contribution in [-0.2, 0) is 10.9 Å². The molecule has 0 aliphatic heterocycles. The Labute approximate surface area is 73.1 Å². The van der Waals surface area contributed by atoms with Gasteiger partial charge in [0, 0.05) is 31.9 Å². The predicted molar refractivity (Wildman–Crippen MR) is 46.7 cm³/mol. The second kappa shape index (κ2) is 3.53. The maximum absolute atomic E-state index is 10.5. The lowest BCUT2D eigenvalue weighted by Gasteiger charge is -2.09. The summed E-state index contributed by atoms with van der Waals surface area (Å²) in [6.45, 7) is 0. The van der Waals surface area contributed by atoms with Crippen LogP contribution in [0.15, 0.2) is 24.5 Å². The van der Waals surface area contributed by atoms with Crippen LogP contribution >= 0.6 is 0 Å². The van der Waals surface area contributed by atoms with Crippen LogP contribution in [0.25, 0.3) is 0 Å². The Morgan fingerprint density at radius 1 is 1.25 bits per heavy atom. The van der Waals surface area contributed by atoms with Crippen LogP contribution in [0, 0.1) is 0 Å². The fraction of sp³-hybridized carbons (Fsp3) is 0.286. The molecule has 1 heterocycles. The van der Waals surface area contributed by atoms with Gasteiger partial charge in [-0.1, -0.05) is 3.97 Å². The van der Waals surface area contributed by atoms with Gasteiger partial charge in [-0.05, 0) is 0 Å². The number of rotatable bonds is 2. The average Bonchev–Trinajstić information content (AvgIpc) is 2.04. The van der Waals surface area contributed by atoms with Crippen molar-refractivity contribution in [3.05, 3.63) is 24.5 Å². The van der Waals surface area contributed by atoms with Crippen molar-refractivity contribution in [2.75, 3.05) is 19.0 Å². The fourth-order valence-corrected chi connectivity index (χ4v) is 1.17. The first-order chi connectivity index (χ1) is 5.61. The molecule has 0 aliphatic rings. The Morgan fingerprint density at radius 3 is 2.08 bits per heavy atom. The van der Waals surface area contributed by atoms with E-state index in [0.29, 0.717) is 0 Å². The van der Waals surface area contributed by atoms with Crippen LogP contribution in [-0.4, -0.2) is 22.5 Å². The zero-order valence-corrected chi connectivity index (χ0v) is 7.86. The minimum atomic E-state index is -2.53. The summed E-state index contributed by atoms with van der Waals surface area (Å²) in [6, 6.07) is 3.48. The van der Waals surface area contributed by atoms with E-state index in [4.69, 9.17) is 0 Å². The average molecular weight is 187 g/mol. The molecular formula is C7H11N2O2S+. The van der Waals surface area contributed by atoms with Gasteiger partial charge in [0.15, 0.2) is 12.4 Å². The summed E-state index contributed by atoms with van der Waals surface area (Å²) in [4.78, 5) is 1.90. The molecule has 0 saturated carbocycles. The normalized spacial score (nSPS) is 10.2. The van der Waals surface area contributed by atoms with Crippen LogP contribution in [0.4, 0.5) is 5.69 Å². The molecule has 0 N–H and O–H groups in total. The Hall–Kier alpha value is -1.10. The number of nitrogens with zero attached hydrogens (tertiary/aromatic N) is 2. The number of hydrogen-bond donors (Lipinski definition) is 1. The van der Waals surface area contributed by atoms with Crippen LogP contribution in [0.5, 0.6) is 0 Å². The maximum Gasteiger partial charge on any atom is 0.359 e. The van der Waals surface area contributed by atoms with E-state index in [-0.39, 0.29) is 0 Å². The Kier molecular flexibility index (Phi) is 2.65. The molecule has 0 amide bonds. The molecule has 0 spiro atoms. The van der Waals surface area contributed by atoms with E-state index in [1.807, 2.05) is 19.0 Å². The van der Waals surface area contributed by atoms with Crippen molar-refractivity contribution in [1.82, 2.24) is 0 Å². The van der Waals surface area contributed by atoms with Crippen molar-refractivity contribution < 1.29 is 12.4 Å². The summed E-state index contributed by atoms with van der Waals surface area (Å²) >= 11 is 0. The van der Waals surface area contributed by atoms with Crippen molar-refractivity contribution in [3.63, 3.8) is 0 Å². The van der Waals surface area contributed by atoms with Crippen LogP contribution in [0.1, 0.15) is 0 Å². The van der Waals surface area contributed by atoms with Crippen molar-refractivity contribution in [2.45, 2.75) is 0 Å². The third-order valence-corrected chi connectivity index (χ3v) is 2.14. The largest absolute Gasteiger partial charge is 0.377 e. The second-order valence-corrected chi connectivity index (χ2v) is 3.51. The van der Waals surface area contributed by atoms with Gasteiger partial charge in [0.05, 0.1) is 0 Å². The minimum absolute atomic E-state index is 0.975. The van der Waals surface area contributed by atoms with Gasteiger partial charge in [-0.15, -0.1) is 0 Å². The van der Waals surface area contributed by atoms with Gasteiger partial charge in [-0.25, -0.2) is 0 Å². The molecule has 0 radical (unpaired) electrons. The molecule has 0 aromatic carbocycles. The first-order valence-electron chi connectivity index (χ1n) is 3.44. The van der Waals surface area contributed by atoms with Gasteiger partial charge in [0.2, 0.25) is 0 Å². The lowest BCUT2D eigenvalue weighted by atomic mass is 10.4. The Bertz CT molecular complexity index is 322. The summed E-state index contributed by atoms with van der Waals surface area (Å²) in [5.41, 5.74) is 0.975. The maximum atomic E-state index is 10.5. The highest BCUT2D eigenvalue weighted by Crippen LogP contribution is 2.05. The monoisotopic (exact) mass is 187 g/mol. The third-order valence-electron chi connectivity index (χ3n) is 1.50. The third kappa shape index (κ3) is 1.94. The van der Waals surface area contributed by atoms with Gasteiger partial charge in [-0.3, -0.25) is 0 Å². The first-order valence-corrected chi connectivity index (χ1v) is 4.57. The van der Waals surface area contributed by atoms with Gasteiger partial charge < -0.3 is 4.90 Å². The standard InChI is InChI=1S/C7H11N2O2S/c1-8(2)7-3-5-9(6-4-7)12(10)11/h3-6,12H,1-2H3/q+1. The zero-order valence-electron chi connectivity index (χ0n) is 6.97. The molecule has 1 aromatic rings. The first kappa shape index (κ1) is 8.99. The molecule has 0 aliphatic carbocycles. The molecule has 1 rings (SSSR count). The van der Waals surface area contributed by atoms with E-state index in [0.717, 1.165) is 9.66 Å². The van der Waals surface area contributed by atoms with Crippen molar-refractivity contribution in [2.24, 2.45) is 0 Å². The Morgan fingerprint density at radius 2 is 1.75 bits per heavy atom. The van der Waals surface area contributed by atoms with Crippen molar-refractivity contribution in [3.8, 4) is 0 Å². The lowest BCUT2D eigenvalue weighted by molar-refractivity contribution is -0.504. The number of pyridine rings is 1. The summed E-state index contributed by atoms with van der Waals surface area (Å²) in [6.07, 6.45) is 3.03. The summed E-state index contributed by atoms with van der Waals surface area (Å²) in [7, 11) is 1.27. The molecule has 0 fully saturated rings. The molecule has 5 heteroatoms. The predicted octanol–water partition coefficient (Wildman–Crippen LogP) is -0.585. The van der Waals surface area contributed by atoms with Gasteiger partial charge in [0.25, 0.3) is 0 Å². The molecule has 0 bridgehead atoms. The molecule has 4 nitrogen and oxygen atoms in total. The van der Waals surface area contributed by atoms with E-state index in [2.05, 4.69) is 0 Å². The van der Waals surface area contributed by atoms with E-state index in [1.54, 1.807) is 12.1 Å². The SMILES string of the molecule is CN(C)c1cc[n+]([SH](=O)=O)cc1. The second-order valence-electron chi connectivity index (χ2n) is 2.57. The van der Waals surface area contributed by atoms with Gasteiger partial charge in [0.1, 0.15) is 0 Å². The van der Waals surface area contributed by atoms with Crippen LogP contribution in [0.3, 0.4) is 0 Å². The molecule has 66 valence electrons. The van der Waals surface area contributed by atoms with Crippen LogP contribution < -0.4 is 8.87 Å². The van der Waals surface area contributed by atoms with Crippen molar-refractivity contribution in [1.29, 1.82) is 0 Å². The number of anilines is 1. The molecule has 12 heavy (non-hydrogen) atoms. The minimum Gasteiger partial charge on any atom is -0.377 e. The summed E-state index contributed by atoms with van der Waals surface area (Å²) in [5.74, 6) is 0. The summed E-state index contributed by atoms with van der Waals surface area (Å²) in [5, 5.41) is 0. The van der Waals surface area contributed by atoms with Gasteiger partial charge in [-0.2, -0.15) is 8.42 Å². The highest BCUT2D eigenvalue weighted by molar-refractivity contribution is 7.65. The van der Waals surface area contributed by atoms with E-state index in [9.17, 15) is 8.42 Å². The molecule has 0 atom stereocenters. The van der Waals surface area contributed by atoms with Crippen LogP contribution in [0.2, 0.25) is 0 Å². The smallest absolute Gasteiger partial charge is 0.359 e. The topological polar surface area (TPSA) is 41.3 Å². The van der Waals surface area contributed by atoms with E-state index in [1.165, 1.54) is 12.4 Å². The lowest BCUT2D eigenvalue weighted by Crippen LogP contribution is -2.31. The van der Waals surface area contributed by atoms with Gasteiger partial charge >= 0.3 is 10.9 Å². The fourth-order valence-electron chi connectivity index (χ4n) is 0.818. The summed E-state index contributed by atoms with van der Waals surface area (Å²) < 4.78 is 22.1. The number of aromatic nitrogens is 1. The molecular weight excluding hydrogens is 176 g/mol. The number of hydrogen-bond acceptors (Lipinski definition) is 3.